The summed E-state index contributed by atoms with van der Waals surface area (Å²) in [6, 6.07) is 4.88. The molecule has 5 heteroatoms. The number of nitrogens with one attached hydrogen (secondary N) is 2. The van der Waals surface area contributed by atoms with Crippen LogP contribution in [-0.2, 0) is 0 Å². The summed E-state index contributed by atoms with van der Waals surface area (Å²) in [4.78, 5) is 15.1. The van der Waals surface area contributed by atoms with Crippen LogP contribution in [0, 0.1) is 0 Å². The first-order valence-corrected chi connectivity index (χ1v) is 7.53. The molecule has 2 aliphatic rings. The van der Waals surface area contributed by atoms with Crippen LogP contribution in [0.25, 0.3) is 0 Å². The van der Waals surface area contributed by atoms with E-state index in [1.807, 2.05) is 11.0 Å². The quantitative estimate of drug-likeness (QED) is 0.877. The zero-order valence-corrected chi connectivity index (χ0v) is 11.2. The first kappa shape index (κ1) is 12.0. The molecule has 0 aliphatic carbocycles. The molecule has 3 heterocycles. The third-order valence-corrected chi connectivity index (χ3v) is 4.71. The standard InChI is InChI=1S/C13H19N3OS/c17-13-15-11(12-5-3-7-18-12)9-16(13)8-10-4-1-2-6-14-10/h3,5,7,10-11,14H,1-2,4,6,8-9H2,(H,15,17). The Morgan fingerprint density at radius 2 is 2.39 bits per heavy atom. The maximum absolute atomic E-state index is 11.9. The van der Waals surface area contributed by atoms with Crippen molar-refractivity contribution in [1.82, 2.24) is 15.5 Å². The van der Waals surface area contributed by atoms with E-state index in [-0.39, 0.29) is 12.1 Å². The molecule has 2 unspecified atom stereocenters. The van der Waals surface area contributed by atoms with E-state index in [1.165, 1.54) is 24.1 Å². The van der Waals surface area contributed by atoms with Gasteiger partial charge in [-0.3, -0.25) is 0 Å². The normalized spacial score (nSPS) is 28.4. The molecule has 2 fully saturated rings. The number of hydrogen-bond donors (Lipinski definition) is 2. The van der Waals surface area contributed by atoms with Gasteiger partial charge in [0, 0.05) is 24.0 Å². The molecule has 2 aliphatic heterocycles. The van der Waals surface area contributed by atoms with Crippen LogP contribution in [0.5, 0.6) is 0 Å². The van der Waals surface area contributed by atoms with Crippen molar-refractivity contribution in [2.75, 3.05) is 19.6 Å². The summed E-state index contributed by atoms with van der Waals surface area (Å²) in [5, 5.41) is 8.62. The van der Waals surface area contributed by atoms with Gasteiger partial charge in [-0.15, -0.1) is 11.3 Å². The average Bonchev–Trinajstić information content (AvgIpc) is 3.01. The van der Waals surface area contributed by atoms with Crippen molar-refractivity contribution in [3.05, 3.63) is 22.4 Å². The fourth-order valence-electron chi connectivity index (χ4n) is 2.74. The Kier molecular flexibility index (Phi) is 3.52. The smallest absolute Gasteiger partial charge is 0.318 e. The van der Waals surface area contributed by atoms with Crippen molar-refractivity contribution in [2.24, 2.45) is 0 Å². The van der Waals surface area contributed by atoms with Crippen LogP contribution in [0.2, 0.25) is 0 Å². The topological polar surface area (TPSA) is 44.4 Å². The van der Waals surface area contributed by atoms with Gasteiger partial charge in [-0.2, -0.15) is 0 Å². The summed E-state index contributed by atoms with van der Waals surface area (Å²) in [5.74, 6) is 0. The molecule has 3 rings (SSSR count). The zero-order valence-electron chi connectivity index (χ0n) is 10.4. The van der Waals surface area contributed by atoms with Gasteiger partial charge in [0.2, 0.25) is 0 Å². The molecule has 0 aromatic carbocycles. The molecular weight excluding hydrogens is 246 g/mol. The van der Waals surface area contributed by atoms with Crippen molar-refractivity contribution < 1.29 is 4.79 Å². The molecule has 2 atom stereocenters. The van der Waals surface area contributed by atoms with Crippen LogP contribution >= 0.6 is 11.3 Å². The van der Waals surface area contributed by atoms with Crippen LogP contribution in [0.1, 0.15) is 30.2 Å². The molecule has 0 saturated carbocycles. The van der Waals surface area contributed by atoms with Gasteiger partial charge in [-0.05, 0) is 30.8 Å². The summed E-state index contributed by atoms with van der Waals surface area (Å²) in [6.07, 6.45) is 3.73. The van der Waals surface area contributed by atoms with E-state index in [1.54, 1.807) is 11.3 Å². The Bertz CT molecular complexity index is 400. The fraction of sp³-hybridized carbons (Fsp3) is 0.615. The van der Waals surface area contributed by atoms with Crippen LogP contribution in [0.3, 0.4) is 0 Å². The number of thiophene rings is 1. The van der Waals surface area contributed by atoms with Crippen LogP contribution in [0.15, 0.2) is 17.5 Å². The SMILES string of the molecule is O=C1NC(c2cccs2)CN1CC1CCCCN1. The van der Waals surface area contributed by atoms with Gasteiger partial charge >= 0.3 is 6.03 Å². The lowest BCUT2D eigenvalue weighted by atomic mass is 10.0. The minimum Gasteiger partial charge on any atom is -0.329 e. The van der Waals surface area contributed by atoms with Crippen LogP contribution in [0.4, 0.5) is 4.79 Å². The number of amides is 2. The molecule has 2 N–H and O–H groups in total. The van der Waals surface area contributed by atoms with Crippen molar-refractivity contribution in [1.29, 1.82) is 0 Å². The molecule has 0 radical (unpaired) electrons. The highest BCUT2D eigenvalue weighted by Crippen LogP contribution is 2.24. The van der Waals surface area contributed by atoms with Crippen molar-refractivity contribution in [2.45, 2.75) is 31.3 Å². The zero-order chi connectivity index (χ0) is 12.4. The highest BCUT2D eigenvalue weighted by Gasteiger charge is 2.31. The first-order valence-electron chi connectivity index (χ1n) is 6.65. The second kappa shape index (κ2) is 5.28. The molecule has 1 aromatic rings. The second-order valence-corrected chi connectivity index (χ2v) is 6.05. The Morgan fingerprint density at radius 3 is 3.11 bits per heavy atom. The van der Waals surface area contributed by atoms with Gasteiger partial charge in [0.25, 0.3) is 0 Å². The van der Waals surface area contributed by atoms with Crippen molar-refractivity contribution >= 4 is 17.4 Å². The number of nitrogens with zero attached hydrogens (tertiary/aromatic N) is 1. The summed E-state index contributed by atoms with van der Waals surface area (Å²) < 4.78 is 0. The Balaban J connectivity index is 1.58. The van der Waals surface area contributed by atoms with E-state index < -0.39 is 0 Å². The summed E-state index contributed by atoms with van der Waals surface area (Å²) in [6.45, 7) is 2.74. The monoisotopic (exact) mass is 265 g/mol. The molecule has 98 valence electrons. The molecule has 0 spiro atoms. The van der Waals surface area contributed by atoms with E-state index in [9.17, 15) is 4.79 Å². The molecule has 2 saturated heterocycles. The molecule has 2 amide bonds. The summed E-state index contributed by atoms with van der Waals surface area (Å²) in [7, 11) is 0. The minimum absolute atomic E-state index is 0.0840. The van der Waals surface area contributed by atoms with Crippen LogP contribution < -0.4 is 10.6 Å². The Labute approximate surface area is 111 Å². The van der Waals surface area contributed by atoms with Gasteiger partial charge in [-0.1, -0.05) is 12.5 Å². The lowest BCUT2D eigenvalue weighted by molar-refractivity contribution is 0.207. The number of hydrogen-bond acceptors (Lipinski definition) is 3. The number of carbonyl (C=O) groups excluding carboxylic acids is 1. The van der Waals surface area contributed by atoms with E-state index in [4.69, 9.17) is 0 Å². The fourth-order valence-corrected chi connectivity index (χ4v) is 3.51. The van der Waals surface area contributed by atoms with Gasteiger partial charge in [-0.25, -0.2) is 4.79 Å². The maximum Gasteiger partial charge on any atom is 0.318 e. The van der Waals surface area contributed by atoms with Crippen molar-refractivity contribution in [3.8, 4) is 0 Å². The number of rotatable bonds is 3. The largest absolute Gasteiger partial charge is 0.329 e. The van der Waals surface area contributed by atoms with E-state index in [0.29, 0.717) is 6.04 Å². The summed E-state index contributed by atoms with van der Waals surface area (Å²) >= 11 is 1.71. The highest BCUT2D eigenvalue weighted by molar-refractivity contribution is 7.10. The molecular formula is C13H19N3OS. The lowest BCUT2D eigenvalue weighted by Gasteiger charge is -2.27. The second-order valence-electron chi connectivity index (χ2n) is 5.07. The number of piperidine rings is 1. The predicted octanol–water partition coefficient (Wildman–Crippen LogP) is 1.96. The van der Waals surface area contributed by atoms with E-state index >= 15 is 0 Å². The average molecular weight is 265 g/mol. The van der Waals surface area contributed by atoms with E-state index in [0.717, 1.165) is 19.6 Å². The predicted molar refractivity (Wildman–Crippen MR) is 72.8 cm³/mol. The van der Waals surface area contributed by atoms with Gasteiger partial charge in [0.15, 0.2) is 0 Å². The highest BCUT2D eigenvalue weighted by atomic mass is 32.1. The molecule has 18 heavy (non-hydrogen) atoms. The number of urea groups is 1. The molecule has 1 aromatic heterocycles. The van der Waals surface area contributed by atoms with Gasteiger partial charge in [0.05, 0.1) is 6.04 Å². The first-order chi connectivity index (χ1) is 8.83. The van der Waals surface area contributed by atoms with Crippen molar-refractivity contribution in [3.63, 3.8) is 0 Å². The lowest BCUT2D eigenvalue weighted by Crippen LogP contribution is -2.44. The summed E-state index contributed by atoms with van der Waals surface area (Å²) in [5.41, 5.74) is 0. The molecule has 4 nitrogen and oxygen atoms in total. The molecule has 0 bridgehead atoms. The van der Waals surface area contributed by atoms with Crippen LogP contribution in [-0.4, -0.2) is 36.6 Å². The minimum atomic E-state index is 0.0840. The third-order valence-electron chi connectivity index (χ3n) is 3.73. The van der Waals surface area contributed by atoms with Gasteiger partial charge < -0.3 is 15.5 Å². The number of carbonyl (C=O) groups is 1. The third kappa shape index (κ3) is 2.52. The van der Waals surface area contributed by atoms with E-state index in [2.05, 4.69) is 22.1 Å². The van der Waals surface area contributed by atoms with Gasteiger partial charge in [0.1, 0.15) is 0 Å². The maximum atomic E-state index is 11.9. The Morgan fingerprint density at radius 1 is 1.44 bits per heavy atom. The Hall–Kier alpha value is -1.07.